The van der Waals surface area contributed by atoms with Gasteiger partial charge in [0.1, 0.15) is 11.2 Å². The van der Waals surface area contributed by atoms with Crippen LogP contribution in [0.5, 0.6) is 0 Å². The standard InChI is InChI=1S/C64H43NO/c1-2-18-44(19-3-1)53-27-6-8-29-57(53)59-31-10-11-32-60(59)58-30-9-7-28-54(58)46-38-40-49(41-39-46)65(50-24-14-22-47(42-50)55-34-16-21-45-20-4-5-26-52(45)55)51-25-15-23-48(43-51)56-35-17-36-62-61-33-12-13-37-63(61)66-64(56)62/h1-43H. The van der Waals surface area contributed by atoms with Gasteiger partial charge in [-0.25, -0.2) is 0 Å². The maximum Gasteiger partial charge on any atom is 0.143 e. The Kier molecular flexibility index (Phi) is 9.89. The molecule has 0 aliphatic rings. The molecular weight excluding hydrogens is 799 g/mol. The average molecular weight is 842 g/mol. The molecule has 0 aliphatic carbocycles. The molecule has 0 saturated heterocycles. The fourth-order valence-corrected chi connectivity index (χ4v) is 9.82. The first kappa shape index (κ1) is 38.9. The van der Waals surface area contributed by atoms with Crippen LogP contribution in [0.2, 0.25) is 0 Å². The molecule has 12 rings (SSSR count). The van der Waals surface area contributed by atoms with Gasteiger partial charge in [-0.2, -0.15) is 0 Å². The van der Waals surface area contributed by atoms with Crippen molar-refractivity contribution in [1.82, 2.24) is 0 Å². The molecule has 0 fully saturated rings. The Hall–Kier alpha value is -8.72. The van der Waals surface area contributed by atoms with Gasteiger partial charge in [0.2, 0.25) is 0 Å². The summed E-state index contributed by atoms with van der Waals surface area (Å²) >= 11 is 0. The first-order valence-corrected chi connectivity index (χ1v) is 22.6. The molecule has 0 spiro atoms. The first-order valence-electron chi connectivity index (χ1n) is 22.6. The fraction of sp³-hybridized carbons (Fsp3) is 0. The smallest absolute Gasteiger partial charge is 0.143 e. The number of nitrogens with zero attached hydrogens (tertiary/aromatic N) is 1. The van der Waals surface area contributed by atoms with E-state index in [1.807, 2.05) is 12.1 Å². The van der Waals surface area contributed by atoms with Crippen LogP contribution in [0.25, 0.3) is 99.5 Å². The van der Waals surface area contributed by atoms with Gasteiger partial charge in [-0.15, -0.1) is 0 Å². The van der Waals surface area contributed by atoms with Crippen molar-refractivity contribution < 1.29 is 4.42 Å². The van der Waals surface area contributed by atoms with Crippen LogP contribution in [0, 0.1) is 0 Å². The summed E-state index contributed by atoms with van der Waals surface area (Å²) in [6, 6.07) is 93.8. The zero-order valence-corrected chi connectivity index (χ0v) is 36.2. The molecule has 1 aromatic heterocycles. The highest BCUT2D eigenvalue weighted by atomic mass is 16.3. The number of para-hydroxylation sites is 2. The summed E-state index contributed by atoms with van der Waals surface area (Å²) in [6.45, 7) is 0. The molecular formula is C64H43NO. The maximum absolute atomic E-state index is 6.55. The Morgan fingerprint density at radius 2 is 0.667 bits per heavy atom. The number of anilines is 3. The lowest BCUT2D eigenvalue weighted by molar-refractivity contribution is 0.670. The second kappa shape index (κ2) is 16.8. The zero-order valence-electron chi connectivity index (χ0n) is 36.2. The molecule has 0 unspecified atom stereocenters. The molecule has 1 heterocycles. The second-order valence-corrected chi connectivity index (χ2v) is 16.8. The third kappa shape index (κ3) is 7.02. The zero-order chi connectivity index (χ0) is 43.8. The number of hydrogen-bond acceptors (Lipinski definition) is 2. The molecule has 11 aromatic carbocycles. The number of furan rings is 1. The highest BCUT2D eigenvalue weighted by Crippen LogP contribution is 2.44. The first-order chi connectivity index (χ1) is 32.7. The van der Waals surface area contributed by atoms with Crippen LogP contribution in [-0.4, -0.2) is 0 Å². The number of hydrogen-bond donors (Lipinski definition) is 0. The summed E-state index contributed by atoms with van der Waals surface area (Å²) in [5.41, 5.74) is 19.0. The van der Waals surface area contributed by atoms with E-state index >= 15 is 0 Å². The van der Waals surface area contributed by atoms with Gasteiger partial charge < -0.3 is 9.32 Å². The minimum absolute atomic E-state index is 0.894. The lowest BCUT2D eigenvalue weighted by atomic mass is 9.87. The minimum Gasteiger partial charge on any atom is -0.455 e. The average Bonchev–Trinajstić information content (AvgIpc) is 3.78. The SMILES string of the molecule is c1ccc(-c2ccccc2-c2ccccc2-c2ccccc2-c2ccc(N(c3cccc(-c4cccc5ccccc45)c3)c3cccc(-c4cccc5c4oc4ccccc45)c3)cc2)cc1. The predicted octanol–water partition coefficient (Wildman–Crippen LogP) is 18.2. The Morgan fingerprint density at radius 1 is 0.242 bits per heavy atom. The summed E-state index contributed by atoms with van der Waals surface area (Å²) in [5, 5.41) is 4.70. The van der Waals surface area contributed by atoms with Crippen molar-refractivity contribution in [2.75, 3.05) is 4.90 Å². The van der Waals surface area contributed by atoms with Crippen molar-refractivity contribution >= 4 is 49.8 Å². The topological polar surface area (TPSA) is 16.4 Å². The van der Waals surface area contributed by atoms with E-state index in [4.69, 9.17) is 4.42 Å². The fourth-order valence-electron chi connectivity index (χ4n) is 9.82. The van der Waals surface area contributed by atoms with Crippen LogP contribution < -0.4 is 4.90 Å². The van der Waals surface area contributed by atoms with Gasteiger partial charge >= 0.3 is 0 Å². The Bertz CT molecular complexity index is 3710. The van der Waals surface area contributed by atoms with Crippen LogP contribution in [0.1, 0.15) is 0 Å². The van der Waals surface area contributed by atoms with Crippen LogP contribution in [0.15, 0.2) is 265 Å². The molecule has 2 heteroatoms. The van der Waals surface area contributed by atoms with Crippen LogP contribution in [0.3, 0.4) is 0 Å². The normalized spacial score (nSPS) is 11.3. The lowest BCUT2D eigenvalue weighted by Crippen LogP contribution is -2.10. The van der Waals surface area contributed by atoms with Gasteiger partial charge in [-0.05, 0) is 114 Å². The van der Waals surface area contributed by atoms with Crippen LogP contribution in [-0.2, 0) is 0 Å². The summed E-state index contributed by atoms with van der Waals surface area (Å²) in [5.74, 6) is 0. The molecule has 0 saturated carbocycles. The molecule has 12 aromatic rings. The predicted molar refractivity (Wildman–Crippen MR) is 279 cm³/mol. The number of fused-ring (bicyclic) bond motifs is 4. The molecule has 2 nitrogen and oxygen atoms in total. The Morgan fingerprint density at radius 3 is 1.33 bits per heavy atom. The van der Waals surface area contributed by atoms with E-state index in [0.29, 0.717) is 0 Å². The monoisotopic (exact) mass is 841 g/mol. The van der Waals surface area contributed by atoms with Gasteiger partial charge in [0.05, 0.1) is 0 Å². The molecule has 0 bridgehead atoms. The van der Waals surface area contributed by atoms with E-state index in [-0.39, 0.29) is 0 Å². The third-order valence-corrected chi connectivity index (χ3v) is 12.9. The van der Waals surface area contributed by atoms with Crippen molar-refractivity contribution in [2.24, 2.45) is 0 Å². The summed E-state index contributed by atoms with van der Waals surface area (Å²) in [4.78, 5) is 2.38. The van der Waals surface area contributed by atoms with Crippen molar-refractivity contribution in [3.05, 3.63) is 261 Å². The summed E-state index contributed by atoms with van der Waals surface area (Å²) < 4.78 is 6.55. The quantitative estimate of drug-likeness (QED) is 0.144. The largest absolute Gasteiger partial charge is 0.455 e. The summed E-state index contributed by atoms with van der Waals surface area (Å²) in [7, 11) is 0. The third-order valence-electron chi connectivity index (χ3n) is 12.9. The van der Waals surface area contributed by atoms with E-state index in [1.54, 1.807) is 0 Å². The highest BCUT2D eigenvalue weighted by molar-refractivity contribution is 6.10. The molecule has 0 N–H and O–H groups in total. The second-order valence-electron chi connectivity index (χ2n) is 16.8. The van der Waals surface area contributed by atoms with Crippen molar-refractivity contribution in [3.63, 3.8) is 0 Å². The van der Waals surface area contributed by atoms with Gasteiger partial charge in [0.25, 0.3) is 0 Å². The molecule has 310 valence electrons. The van der Waals surface area contributed by atoms with Crippen molar-refractivity contribution in [2.45, 2.75) is 0 Å². The lowest BCUT2D eigenvalue weighted by Gasteiger charge is -2.27. The van der Waals surface area contributed by atoms with Crippen LogP contribution >= 0.6 is 0 Å². The van der Waals surface area contributed by atoms with E-state index in [0.717, 1.165) is 61.3 Å². The molecule has 0 atom stereocenters. The Balaban J connectivity index is 0.981. The van der Waals surface area contributed by atoms with Gasteiger partial charge in [-0.3, -0.25) is 0 Å². The van der Waals surface area contributed by atoms with Gasteiger partial charge in [-0.1, -0.05) is 218 Å². The summed E-state index contributed by atoms with van der Waals surface area (Å²) in [6.07, 6.45) is 0. The molecule has 66 heavy (non-hydrogen) atoms. The number of rotatable bonds is 9. The van der Waals surface area contributed by atoms with E-state index in [2.05, 4.69) is 254 Å². The van der Waals surface area contributed by atoms with E-state index in [1.165, 1.54) is 55.3 Å². The van der Waals surface area contributed by atoms with E-state index in [9.17, 15) is 0 Å². The Labute approximate surface area is 384 Å². The van der Waals surface area contributed by atoms with Gasteiger partial charge in [0, 0.05) is 33.4 Å². The maximum atomic E-state index is 6.55. The molecule has 0 aliphatic heterocycles. The highest BCUT2D eigenvalue weighted by Gasteiger charge is 2.19. The van der Waals surface area contributed by atoms with Gasteiger partial charge in [0.15, 0.2) is 0 Å². The minimum atomic E-state index is 0.894. The van der Waals surface area contributed by atoms with Crippen LogP contribution in [0.4, 0.5) is 17.1 Å². The number of benzene rings is 11. The molecule has 0 radical (unpaired) electrons. The van der Waals surface area contributed by atoms with Crippen molar-refractivity contribution in [1.29, 1.82) is 0 Å². The van der Waals surface area contributed by atoms with Crippen molar-refractivity contribution in [3.8, 4) is 66.8 Å². The molecule has 0 amide bonds. The van der Waals surface area contributed by atoms with E-state index < -0.39 is 0 Å².